The fourth-order valence-corrected chi connectivity index (χ4v) is 3.81. The van der Waals surface area contributed by atoms with Gasteiger partial charge in [0.2, 0.25) is 6.41 Å². The van der Waals surface area contributed by atoms with Gasteiger partial charge in [-0.2, -0.15) is 13.2 Å². The lowest BCUT2D eigenvalue weighted by Crippen LogP contribution is -2.11. The molecule has 228 valence electrons. The van der Waals surface area contributed by atoms with Gasteiger partial charge in [-0.3, -0.25) is 4.79 Å². The lowest BCUT2D eigenvalue weighted by molar-refractivity contribution is -0.757. The van der Waals surface area contributed by atoms with Crippen molar-refractivity contribution in [2.24, 2.45) is 5.92 Å². The minimum atomic E-state index is -4.32. The van der Waals surface area contributed by atoms with Crippen LogP contribution in [0.5, 0.6) is 5.75 Å². The first-order valence-electron chi connectivity index (χ1n) is 14.3. The molecule has 1 aromatic carbocycles. The molecular formula is C30H47F3N2O5. The van der Waals surface area contributed by atoms with E-state index in [4.69, 9.17) is 4.74 Å². The third-order valence-corrected chi connectivity index (χ3v) is 5.98. The van der Waals surface area contributed by atoms with Crippen LogP contribution in [0.2, 0.25) is 0 Å². The molecule has 0 heterocycles. The molecule has 0 atom stereocenters. The van der Waals surface area contributed by atoms with Gasteiger partial charge < -0.3 is 14.9 Å². The van der Waals surface area contributed by atoms with E-state index in [1.807, 2.05) is 0 Å². The summed E-state index contributed by atoms with van der Waals surface area (Å²) in [7, 11) is 0. The van der Waals surface area contributed by atoms with Crippen LogP contribution in [-0.4, -0.2) is 31.3 Å². The number of carbonyl (C=O) groups excluding carboxylic acids is 1. The largest absolute Gasteiger partial charge is 0.493 e. The van der Waals surface area contributed by atoms with Crippen LogP contribution in [0, 0.1) is 16.0 Å². The Kier molecular flexibility index (Phi) is 23.1. The highest BCUT2D eigenvalue weighted by Crippen LogP contribution is 2.31. The molecule has 2 rings (SSSR count). The predicted octanol–water partition coefficient (Wildman–Crippen LogP) is 8.47. The molecule has 1 fully saturated rings. The number of allylic oxidation sites excluding steroid dienone is 3. The molecule has 0 unspecified atom stereocenters. The highest BCUT2D eigenvalue weighted by atomic mass is 19.4. The molecular weight excluding hydrogens is 525 g/mol. The molecule has 7 nitrogen and oxygen atoms in total. The molecule has 40 heavy (non-hydrogen) atoms. The van der Waals surface area contributed by atoms with Crippen molar-refractivity contribution in [3.63, 3.8) is 0 Å². The van der Waals surface area contributed by atoms with Gasteiger partial charge in [-0.15, -0.1) is 10.1 Å². The second-order valence-electron chi connectivity index (χ2n) is 9.39. The maximum atomic E-state index is 12.5. The molecule has 10 heteroatoms. The maximum absolute atomic E-state index is 12.5. The van der Waals surface area contributed by atoms with Crippen molar-refractivity contribution in [3.8, 4) is 5.75 Å². The van der Waals surface area contributed by atoms with Gasteiger partial charge in [0.15, 0.2) is 0 Å². The van der Waals surface area contributed by atoms with Gasteiger partial charge in [-0.1, -0.05) is 75.8 Å². The number of rotatable bonds is 17. The molecule has 1 aromatic rings. The van der Waals surface area contributed by atoms with Crippen molar-refractivity contribution >= 4 is 6.41 Å². The number of hydrogen-bond donors (Lipinski definition) is 1. The van der Waals surface area contributed by atoms with Crippen LogP contribution in [0.4, 0.5) is 13.2 Å². The summed E-state index contributed by atoms with van der Waals surface area (Å²) in [4.78, 5) is 23.6. The van der Waals surface area contributed by atoms with Gasteiger partial charge >= 0.3 is 6.18 Å². The van der Waals surface area contributed by atoms with Crippen molar-refractivity contribution in [2.45, 2.75) is 97.1 Å². The number of amides is 1. The minimum Gasteiger partial charge on any atom is -0.493 e. The number of nitrogens with zero attached hydrogens (tertiary/aromatic N) is 1. The topological polar surface area (TPSA) is 90.7 Å². The van der Waals surface area contributed by atoms with Crippen molar-refractivity contribution in [1.29, 1.82) is 0 Å². The summed E-state index contributed by atoms with van der Waals surface area (Å²) in [5, 5.41) is 11.5. The van der Waals surface area contributed by atoms with E-state index < -0.39 is 16.8 Å². The van der Waals surface area contributed by atoms with Crippen molar-refractivity contribution in [3.05, 3.63) is 64.2 Å². The van der Waals surface area contributed by atoms with Crippen molar-refractivity contribution in [1.82, 2.24) is 5.32 Å². The van der Waals surface area contributed by atoms with Crippen LogP contribution in [-0.2, 0) is 15.8 Å². The normalized spacial score (nSPS) is 13.3. The fourth-order valence-electron chi connectivity index (χ4n) is 3.81. The van der Waals surface area contributed by atoms with Gasteiger partial charge in [0.1, 0.15) is 5.75 Å². The highest BCUT2D eigenvalue weighted by molar-refractivity contribution is 5.45. The van der Waals surface area contributed by atoms with E-state index in [1.54, 1.807) is 6.07 Å². The van der Waals surface area contributed by atoms with Crippen LogP contribution in [0.25, 0.3) is 0 Å². The van der Waals surface area contributed by atoms with E-state index in [-0.39, 0.29) is 12.4 Å². The molecule has 1 amide bonds. The molecule has 0 aliphatic heterocycles. The summed E-state index contributed by atoms with van der Waals surface area (Å²) in [5.41, 5.74) is -0.670. The summed E-state index contributed by atoms with van der Waals surface area (Å²) < 4.78 is 42.9. The average molecular weight is 573 g/mol. The Morgan fingerprint density at radius 3 is 2.40 bits per heavy atom. The van der Waals surface area contributed by atoms with E-state index in [0.29, 0.717) is 31.9 Å². The summed E-state index contributed by atoms with van der Waals surface area (Å²) >= 11 is 0. The van der Waals surface area contributed by atoms with Gasteiger partial charge in [-0.25, -0.2) is 0 Å². The number of alkyl halides is 3. The maximum Gasteiger partial charge on any atom is 0.416 e. The third kappa shape index (κ3) is 22.9. The Bertz CT molecular complexity index is 826. The van der Waals surface area contributed by atoms with E-state index in [0.717, 1.165) is 37.8 Å². The first-order chi connectivity index (χ1) is 19.2. The Morgan fingerprint density at radius 1 is 1.05 bits per heavy atom. The average Bonchev–Trinajstić information content (AvgIpc) is 3.44. The molecule has 0 radical (unpaired) electrons. The Labute approximate surface area is 237 Å². The monoisotopic (exact) mass is 572 g/mol. The zero-order valence-electron chi connectivity index (χ0n) is 24.0. The molecule has 1 N–H and O–H groups in total. The van der Waals surface area contributed by atoms with E-state index in [2.05, 4.69) is 48.3 Å². The summed E-state index contributed by atoms with van der Waals surface area (Å²) in [6, 6.07) is 5.01. The molecule has 0 bridgehead atoms. The summed E-state index contributed by atoms with van der Waals surface area (Å²) in [6.45, 7) is 5.51. The second-order valence-corrected chi connectivity index (χ2v) is 9.39. The van der Waals surface area contributed by atoms with Gasteiger partial charge in [0.25, 0.3) is 5.09 Å². The summed E-state index contributed by atoms with van der Waals surface area (Å²) in [6.07, 6.45) is 18.1. The number of halogens is 3. The highest BCUT2D eigenvalue weighted by Gasteiger charge is 2.30. The molecule has 0 aromatic heterocycles. The molecule has 1 aliphatic carbocycles. The molecule has 1 aliphatic rings. The fraction of sp³-hybridized carbons (Fsp3) is 0.633. The molecule has 0 saturated heterocycles. The van der Waals surface area contributed by atoms with Crippen molar-refractivity contribution in [2.75, 3.05) is 19.8 Å². The van der Waals surface area contributed by atoms with Crippen LogP contribution < -0.4 is 10.1 Å². The lowest BCUT2D eigenvalue weighted by Gasteiger charge is -2.09. The first kappa shape index (κ1) is 37.0. The minimum absolute atomic E-state index is 0.161. The van der Waals surface area contributed by atoms with E-state index >= 15 is 0 Å². The van der Waals surface area contributed by atoms with Crippen LogP contribution in [0.1, 0.15) is 96.5 Å². The van der Waals surface area contributed by atoms with Crippen LogP contribution in [0.15, 0.2) is 48.6 Å². The predicted molar refractivity (Wildman–Crippen MR) is 152 cm³/mol. The smallest absolute Gasteiger partial charge is 0.416 e. The first-order valence-corrected chi connectivity index (χ1v) is 14.3. The Morgan fingerprint density at radius 2 is 1.77 bits per heavy atom. The van der Waals surface area contributed by atoms with E-state index in [1.165, 1.54) is 51.0 Å². The second kappa shape index (κ2) is 25.0. The number of unbranched alkanes of at least 4 members (excludes halogenated alkanes) is 5. The van der Waals surface area contributed by atoms with E-state index in [9.17, 15) is 28.1 Å². The van der Waals surface area contributed by atoms with Gasteiger partial charge in [0, 0.05) is 6.54 Å². The zero-order valence-corrected chi connectivity index (χ0v) is 24.0. The Hall–Kier alpha value is -3.04. The molecule has 0 spiro atoms. The number of ether oxygens (including phenoxy) is 1. The quantitative estimate of drug-likeness (QED) is 0.0665. The standard InChI is InChI=1S/C16H19F3O.C7H14N2O4.C7H14/c17-16(18,19)14-9-5-10-15(12-14)20-11-4-3-8-13-6-1-2-7-13;10-7-8-5-3-1-2-4-6-13-9(11)12;1-3-5-7-6-4-2/h3,5,8-10,12-13H,1-2,4,6-7,11H2;7H,1-6H2,(H,8,10);3,5H,4,6-7H2,1-2H3/b8-3+;;5-3-. The molecule has 1 saturated carbocycles. The van der Waals surface area contributed by atoms with Crippen LogP contribution in [0.3, 0.4) is 0 Å². The number of carbonyl (C=O) groups is 1. The number of hydrogen-bond acceptors (Lipinski definition) is 5. The number of benzene rings is 1. The van der Waals surface area contributed by atoms with Gasteiger partial charge in [-0.05, 0) is 69.6 Å². The SMILES string of the molecule is C/C=C\CCCC.FC(F)(F)c1cccc(OCC/C=C/C2CCCC2)c1.O=CNCCCCCCO[N+](=O)[O-]. The third-order valence-electron chi connectivity index (χ3n) is 5.98. The lowest BCUT2D eigenvalue weighted by atomic mass is 10.1. The van der Waals surface area contributed by atoms with Gasteiger partial charge in [0.05, 0.1) is 18.8 Å². The van der Waals surface area contributed by atoms with Crippen LogP contribution >= 0.6 is 0 Å². The Balaban J connectivity index is 0.000000654. The summed E-state index contributed by atoms with van der Waals surface area (Å²) in [5.74, 6) is 0.956. The van der Waals surface area contributed by atoms with Crippen molar-refractivity contribution < 1.29 is 32.6 Å². The number of nitrogens with one attached hydrogen (secondary N) is 1. The zero-order chi connectivity index (χ0) is 29.9.